The molecule has 0 amide bonds. The first-order chi connectivity index (χ1) is 25.0. The summed E-state index contributed by atoms with van der Waals surface area (Å²) in [6, 6.07) is 29.7. The fourth-order valence-corrected chi connectivity index (χ4v) is 9.90. The Morgan fingerprint density at radius 1 is 0.788 bits per heavy atom. The van der Waals surface area contributed by atoms with Gasteiger partial charge in [0.25, 0.3) is 0 Å². The SMILES string of the molecule is CCC(C)n1/c(=C/C=C(C)/C(=C(C)/C=C/C2=[N+](C(C)CC)c3ccc(Cl)c4cccc2c34)S(=O)(=O)c2ccccc2)c2cccc3c(Cl)ccc1c32. The van der Waals surface area contributed by atoms with E-state index in [0.29, 0.717) is 21.2 Å². The van der Waals surface area contributed by atoms with Gasteiger partial charge in [0, 0.05) is 61.5 Å². The highest BCUT2D eigenvalue weighted by Crippen LogP contribution is 2.40. The van der Waals surface area contributed by atoms with E-state index in [2.05, 4.69) is 85.4 Å². The molecule has 1 aliphatic rings. The molecule has 2 heterocycles. The molecule has 7 rings (SSSR count). The van der Waals surface area contributed by atoms with Gasteiger partial charge in [-0.05, 0) is 87.7 Å². The minimum absolute atomic E-state index is 0.213. The van der Waals surface area contributed by atoms with E-state index >= 15 is 0 Å². The van der Waals surface area contributed by atoms with Crippen molar-refractivity contribution in [2.45, 2.75) is 71.4 Å². The number of halogens is 2. The van der Waals surface area contributed by atoms with Gasteiger partial charge in [-0.3, -0.25) is 0 Å². The van der Waals surface area contributed by atoms with Gasteiger partial charge in [-0.25, -0.2) is 8.42 Å². The first-order valence-electron chi connectivity index (χ1n) is 18.0. The van der Waals surface area contributed by atoms with E-state index < -0.39 is 9.84 Å². The van der Waals surface area contributed by atoms with Crippen LogP contribution in [-0.4, -0.2) is 29.3 Å². The lowest BCUT2D eigenvalue weighted by Crippen LogP contribution is -2.22. The van der Waals surface area contributed by atoms with Crippen molar-refractivity contribution in [1.29, 1.82) is 0 Å². The minimum atomic E-state index is -3.90. The summed E-state index contributed by atoms with van der Waals surface area (Å²) in [4.78, 5) is 0.541. The molecule has 7 heteroatoms. The number of nitrogens with zero attached hydrogens (tertiary/aromatic N) is 2. The van der Waals surface area contributed by atoms with Crippen LogP contribution < -0.4 is 5.35 Å². The molecule has 52 heavy (non-hydrogen) atoms. The van der Waals surface area contributed by atoms with Crippen LogP contribution >= 0.6 is 23.2 Å². The first-order valence-corrected chi connectivity index (χ1v) is 20.2. The maximum absolute atomic E-state index is 14.6. The highest BCUT2D eigenvalue weighted by atomic mass is 35.5. The molecule has 1 aromatic heterocycles. The highest BCUT2D eigenvalue weighted by Gasteiger charge is 2.34. The van der Waals surface area contributed by atoms with Crippen molar-refractivity contribution in [3.05, 3.63) is 146 Å². The number of benzene rings is 5. The summed E-state index contributed by atoms with van der Waals surface area (Å²) in [5.74, 6) is 0. The van der Waals surface area contributed by atoms with Crippen molar-refractivity contribution in [3.8, 4) is 0 Å². The molecular weight excluding hydrogens is 703 g/mol. The molecule has 0 spiro atoms. The molecule has 0 fully saturated rings. The Bertz CT molecular complexity index is 2680. The molecule has 0 saturated heterocycles. The topological polar surface area (TPSA) is 42.1 Å². The van der Waals surface area contributed by atoms with E-state index in [9.17, 15) is 8.42 Å². The number of allylic oxidation sites excluding steroid dienone is 5. The smallest absolute Gasteiger partial charge is 0.214 e. The lowest BCUT2D eigenvalue weighted by molar-refractivity contribution is -0.476. The van der Waals surface area contributed by atoms with Crippen molar-refractivity contribution in [2.24, 2.45) is 0 Å². The van der Waals surface area contributed by atoms with Gasteiger partial charge in [0.1, 0.15) is 0 Å². The van der Waals surface area contributed by atoms with Crippen LogP contribution in [0, 0.1) is 0 Å². The van der Waals surface area contributed by atoms with Gasteiger partial charge in [-0.1, -0.05) is 97.7 Å². The summed E-state index contributed by atoms with van der Waals surface area (Å²) < 4.78 is 33.9. The predicted molar refractivity (Wildman–Crippen MR) is 221 cm³/mol. The van der Waals surface area contributed by atoms with E-state index in [4.69, 9.17) is 23.2 Å². The second-order valence-corrected chi connectivity index (χ2v) is 16.5. The van der Waals surface area contributed by atoms with E-state index in [1.54, 1.807) is 24.3 Å². The Hall–Kier alpha value is -4.42. The van der Waals surface area contributed by atoms with Gasteiger partial charge in [-0.15, -0.1) is 0 Å². The normalized spacial score (nSPS) is 15.8. The van der Waals surface area contributed by atoms with Crippen LogP contribution in [0.25, 0.3) is 38.5 Å². The Morgan fingerprint density at radius 3 is 2.13 bits per heavy atom. The molecule has 6 aromatic rings. The van der Waals surface area contributed by atoms with E-state index in [0.717, 1.165) is 67.6 Å². The molecule has 0 aliphatic carbocycles. The number of hydrogen-bond donors (Lipinski definition) is 0. The number of sulfone groups is 1. The second kappa shape index (κ2) is 14.2. The average molecular weight is 747 g/mol. The molecule has 264 valence electrons. The quantitative estimate of drug-likeness (QED) is 0.103. The zero-order valence-electron chi connectivity index (χ0n) is 30.4. The number of rotatable bonds is 10. The zero-order valence-corrected chi connectivity index (χ0v) is 32.7. The van der Waals surface area contributed by atoms with Crippen LogP contribution in [0.1, 0.15) is 66.0 Å². The number of hydrogen-bond acceptors (Lipinski definition) is 2. The third-order valence-electron chi connectivity index (χ3n) is 10.6. The Balaban J connectivity index is 1.45. The Kier molecular flexibility index (Phi) is 9.81. The summed E-state index contributed by atoms with van der Waals surface area (Å²) in [6.45, 7) is 12.6. The summed E-state index contributed by atoms with van der Waals surface area (Å²) in [5, 5.41) is 7.81. The molecule has 1 aliphatic heterocycles. The Labute approximate surface area is 316 Å². The minimum Gasteiger partial charge on any atom is -0.338 e. The van der Waals surface area contributed by atoms with E-state index in [-0.39, 0.29) is 21.9 Å². The third kappa shape index (κ3) is 5.93. The fraction of sp³-hybridized carbons (Fsp3) is 0.222. The van der Waals surface area contributed by atoms with Crippen LogP contribution in [-0.2, 0) is 9.84 Å². The summed E-state index contributed by atoms with van der Waals surface area (Å²) in [6.07, 6.45) is 9.92. The van der Waals surface area contributed by atoms with Crippen LogP contribution in [0.2, 0.25) is 10.0 Å². The second-order valence-electron chi connectivity index (χ2n) is 13.8. The van der Waals surface area contributed by atoms with Crippen LogP contribution in [0.5, 0.6) is 0 Å². The molecule has 0 saturated carbocycles. The molecule has 0 radical (unpaired) electrons. The molecule has 0 bridgehead atoms. The van der Waals surface area contributed by atoms with Gasteiger partial charge in [0.15, 0.2) is 6.04 Å². The average Bonchev–Trinajstić information content (AvgIpc) is 3.65. The molecule has 4 nitrogen and oxygen atoms in total. The summed E-state index contributed by atoms with van der Waals surface area (Å²) >= 11 is 13.4. The van der Waals surface area contributed by atoms with Gasteiger partial charge in [-0.2, -0.15) is 4.58 Å². The van der Waals surface area contributed by atoms with Gasteiger partial charge in [0.2, 0.25) is 21.2 Å². The van der Waals surface area contributed by atoms with Gasteiger partial charge in [0.05, 0.1) is 26.3 Å². The van der Waals surface area contributed by atoms with Gasteiger partial charge >= 0.3 is 0 Å². The van der Waals surface area contributed by atoms with Crippen LogP contribution in [0.15, 0.2) is 130 Å². The maximum atomic E-state index is 14.6. The van der Waals surface area contributed by atoms with Crippen LogP contribution in [0.4, 0.5) is 5.69 Å². The van der Waals surface area contributed by atoms with Crippen molar-refractivity contribution in [3.63, 3.8) is 0 Å². The predicted octanol–water partition coefficient (Wildman–Crippen LogP) is 11.9. The van der Waals surface area contributed by atoms with Crippen molar-refractivity contribution >= 4 is 83.0 Å². The molecule has 2 atom stereocenters. The summed E-state index contributed by atoms with van der Waals surface area (Å²) in [7, 11) is -3.90. The van der Waals surface area contributed by atoms with E-state index in [1.165, 1.54) is 0 Å². The third-order valence-corrected chi connectivity index (χ3v) is 13.3. The highest BCUT2D eigenvalue weighted by molar-refractivity contribution is 7.95. The summed E-state index contributed by atoms with van der Waals surface area (Å²) in [5.41, 5.74) is 5.64. The molecular formula is C45H43Cl2N2O2S+. The molecule has 5 aromatic carbocycles. The Morgan fingerprint density at radius 2 is 1.44 bits per heavy atom. The first kappa shape index (κ1) is 36.0. The van der Waals surface area contributed by atoms with Crippen molar-refractivity contribution < 1.29 is 13.0 Å². The van der Waals surface area contributed by atoms with Crippen LogP contribution in [0.3, 0.4) is 0 Å². The molecule has 2 unspecified atom stereocenters. The fourth-order valence-electron chi connectivity index (χ4n) is 7.72. The van der Waals surface area contributed by atoms with E-state index in [1.807, 2.05) is 56.3 Å². The maximum Gasteiger partial charge on any atom is 0.214 e. The van der Waals surface area contributed by atoms with Gasteiger partial charge < -0.3 is 4.57 Å². The number of aromatic nitrogens is 1. The zero-order chi connectivity index (χ0) is 36.9. The largest absolute Gasteiger partial charge is 0.338 e. The van der Waals surface area contributed by atoms with Crippen molar-refractivity contribution in [2.75, 3.05) is 0 Å². The lowest BCUT2D eigenvalue weighted by Gasteiger charge is -2.15. The monoisotopic (exact) mass is 745 g/mol. The standard InChI is InChI=1S/C45H43Cl2N2O2S/c1-7-30(5)48-39(35-18-12-16-33-37(46)22-26-41(48)43(33)35)24-20-28(3)45(52(50,51)32-14-10-9-11-15-32)29(4)21-25-40-36-19-13-17-34-38(47)23-27-42(44(34)36)49(40)31(6)8-2/h9-27,30-31H,7-8H2,1-6H3/q+1. The lowest BCUT2D eigenvalue weighted by atomic mass is 10.0. The van der Waals surface area contributed by atoms with Crippen molar-refractivity contribution in [1.82, 2.24) is 4.57 Å². The molecule has 0 N–H and O–H groups in total.